The highest BCUT2D eigenvalue weighted by Crippen LogP contribution is 2.13. The third-order valence-electron chi connectivity index (χ3n) is 1.56. The molecule has 0 radical (unpaired) electrons. The number of carbonyl (C=O) groups is 1. The van der Waals surface area contributed by atoms with Crippen LogP contribution in [0.25, 0.3) is 0 Å². The van der Waals surface area contributed by atoms with Crippen molar-refractivity contribution in [2.45, 2.75) is 19.4 Å². The van der Waals surface area contributed by atoms with E-state index in [2.05, 4.69) is 37.9 Å². The van der Waals surface area contributed by atoms with Crippen LogP contribution in [0.3, 0.4) is 0 Å². The van der Waals surface area contributed by atoms with E-state index < -0.39 is 0 Å². The molecule has 0 aliphatic heterocycles. The van der Waals surface area contributed by atoms with E-state index >= 15 is 0 Å². The lowest BCUT2D eigenvalue weighted by Crippen LogP contribution is -2.24. The number of nitrogens with zero attached hydrogens (tertiary/aromatic N) is 2. The Bertz CT molecular complexity index is 331. The first kappa shape index (κ1) is 11.2. The van der Waals surface area contributed by atoms with Crippen molar-refractivity contribution in [3.63, 3.8) is 0 Å². The molecule has 3 N–H and O–H groups in total. The van der Waals surface area contributed by atoms with Gasteiger partial charge in [-0.15, -0.1) is 0 Å². The fourth-order valence-electron chi connectivity index (χ4n) is 1.01. The van der Waals surface area contributed by atoms with E-state index in [1.165, 1.54) is 6.33 Å². The van der Waals surface area contributed by atoms with Gasteiger partial charge >= 0.3 is 0 Å². The normalized spacial score (nSPS) is 12.1. The first-order valence-corrected chi connectivity index (χ1v) is 5.18. The molecule has 76 valence electrons. The van der Waals surface area contributed by atoms with Crippen LogP contribution in [0.2, 0.25) is 0 Å². The predicted molar refractivity (Wildman–Crippen MR) is 61.6 cm³/mol. The molecule has 0 spiro atoms. The predicted octanol–water partition coefficient (Wildman–Crippen LogP) is 0.757. The number of primary amides is 1. The lowest BCUT2D eigenvalue weighted by Gasteiger charge is -2.12. The molecule has 1 aromatic rings. The zero-order valence-electron chi connectivity index (χ0n) is 7.70. The van der Waals surface area contributed by atoms with E-state index in [0.717, 1.165) is 9.39 Å². The Balaban J connectivity index is 2.60. The average Bonchev–Trinajstić information content (AvgIpc) is 2.07. The molecule has 6 heteroatoms. The van der Waals surface area contributed by atoms with Crippen molar-refractivity contribution in [3.05, 3.63) is 16.1 Å². The largest absolute Gasteiger partial charge is 0.370 e. The summed E-state index contributed by atoms with van der Waals surface area (Å²) < 4.78 is 0.918. The molecule has 0 saturated carbocycles. The number of nitrogens with two attached hydrogens (primary N) is 1. The van der Waals surface area contributed by atoms with Gasteiger partial charge in [0, 0.05) is 18.7 Å². The zero-order chi connectivity index (χ0) is 10.6. The third-order valence-corrected chi connectivity index (χ3v) is 2.35. The van der Waals surface area contributed by atoms with Crippen LogP contribution in [0.15, 0.2) is 12.5 Å². The van der Waals surface area contributed by atoms with E-state index in [-0.39, 0.29) is 11.9 Å². The average molecular weight is 306 g/mol. The van der Waals surface area contributed by atoms with Crippen molar-refractivity contribution in [2.24, 2.45) is 5.73 Å². The van der Waals surface area contributed by atoms with E-state index in [9.17, 15) is 4.79 Å². The van der Waals surface area contributed by atoms with Gasteiger partial charge in [0.05, 0.1) is 3.57 Å². The summed E-state index contributed by atoms with van der Waals surface area (Å²) in [5.74, 6) is 0.406. The molecule has 1 amide bonds. The summed E-state index contributed by atoms with van der Waals surface area (Å²) in [6.45, 7) is 1.88. The number of anilines is 1. The van der Waals surface area contributed by atoms with Gasteiger partial charge in [-0.05, 0) is 29.5 Å². The molecular weight excluding hydrogens is 295 g/mol. The van der Waals surface area contributed by atoms with Gasteiger partial charge in [0.15, 0.2) is 0 Å². The topological polar surface area (TPSA) is 80.9 Å². The third kappa shape index (κ3) is 3.44. The lowest BCUT2D eigenvalue weighted by molar-refractivity contribution is -0.118. The zero-order valence-corrected chi connectivity index (χ0v) is 9.85. The van der Waals surface area contributed by atoms with Crippen LogP contribution < -0.4 is 11.1 Å². The van der Waals surface area contributed by atoms with Crippen molar-refractivity contribution in [1.29, 1.82) is 0 Å². The summed E-state index contributed by atoms with van der Waals surface area (Å²) >= 11 is 2.12. The molecule has 0 bridgehead atoms. The fourth-order valence-corrected chi connectivity index (χ4v) is 1.46. The van der Waals surface area contributed by atoms with Crippen molar-refractivity contribution in [1.82, 2.24) is 9.97 Å². The molecule has 1 heterocycles. The number of halogens is 1. The smallest absolute Gasteiger partial charge is 0.219 e. The van der Waals surface area contributed by atoms with Gasteiger partial charge in [-0.3, -0.25) is 4.79 Å². The minimum atomic E-state index is -0.325. The van der Waals surface area contributed by atoms with Gasteiger partial charge in [0.2, 0.25) is 5.91 Å². The van der Waals surface area contributed by atoms with Gasteiger partial charge in [-0.25, -0.2) is 9.97 Å². The fraction of sp³-hybridized carbons (Fsp3) is 0.375. The van der Waals surface area contributed by atoms with E-state index in [0.29, 0.717) is 6.42 Å². The second-order valence-corrected chi connectivity index (χ2v) is 4.10. The monoisotopic (exact) mass is 306 g/mol. The Morgan fingerprint density at radius 1 is 1.79 bits per heavy atom. The number of hydrogen-bond donors (Lipinski definition) is 2. The second kappa shape index (κ2) is 5.08. The van der Waals surface area contributed by atoms with Gasteiger partial charge in [-0.1, -0.05) is 0 Å². The number of nitrogens with one attached hydrogen (secondary N) is 1. The molecule has 0 aromatic carbocycles. The summed E-state index contributed by atoms with van der Waals surface area (Å²) in [5.41, 5.74) is 5.07. The van der Waals surface area contributed by atoms with Crippen LogP contribution >= 0.6 is 22.6 Å². The highest BCUT2D eigenvalue weighted by molar-refractivity contribution is 14.1. The number of carbonyl (C=O) groups excluding carboxylic acids is 1. The lowest BCUT2D eigenvalue weighted by atomic mass is 10.2. The van der Waals surface area contributed by atoms with Crippen molar-refractivity contribution >= 4 is 34.3 Å². The minimum absolute atomic E-state index is 0.0177. The van der Waals surface area contributed by atoms with E-state index in [1.807, 2.05) is 6.92 Å². The molecule has 1 atom stereocenters. The first-order valence-electron chi connectivity index (χ1n) is 4.10. The maximum absolute atomic E-state index is 10.6. The van der Waals surface area contributed by atoms with Crippen molar-refractivity contribution in [2.75, 3.05) is 5.32 Å². The maximum atomic E-state index is 10.6. The Labute approximate surface area is 95.6 Å². The highest BCUT2D eigenvalue weighted by Gasteiger charge is 2.08. The highest BCUT2D eigenvalue weighted by atomic mass is 127. The molecule has 5 nitrogen and oxygen atoms in total. The summed E-state index contributed by atoms with van der Waals surface area (Å²) in [6.07, 6.45) is 3.45. The molecule has 1 rings (SSSR count). The Kier molecular flexibility index (Phi) is 4.05. The summed E-state index contributed by atoms with van der Waals surface area (Å²) in [5, 5.41) is 3.08. The minimum Gasteiger partial charge on any atom is -0.370 e. The summed E-state index contributed by atoms with van der Waals surface area (Å²) in [4.78, 5) is 18.5. The Morgan fingerprint density at radius 3 is 3.07 bits per heavy atom. The second-order valence-electron chi connectivity index (χ2n) is 2.94. The van der Waals surface area contributed by atoms with Crippen LogP contribution in [0.1, 0.15) is 13.3 Å². The number of rotatable bonds is 4. The summed E-state index contributed by atoms with van der Waals surface area (Å²) in [6, 6.07) is -0.0177. The molecule has 0 saturated heterocycles. The van der Waals surface area contributed by atoms with Gasteiger partial charge in [0.25, 0.3) is 0 Å². The molecule has 0 fully saturated rings. The molecule has 1 unspecified atom stereocenters. The summed E-state index contributed by atoms with van der Waals surface area (Å²) in [7, 11) is 0. The number of hydrogen-bond acceptors (Lipinski definition) is 4. The molecule has 1 aromatic heterocycles. The van der Waals surface area contributed by atoms with Gasteiger partial charge in [-0.2, -0.15) is 0 Å². The molecular formula is C8H11IN4O. The Morgan fingerprint density at radius 2 is 2.50 bits per heavy atom. The molecule has 0 aliphatic carbocycles. The van der Waals surface area contributed by atoms with Gasteiger partial charge in [0.1, 0.15) is 12.1 Å². The van der Waals surface area contributed by atoms with Crippen LogP contribution in [0, 0.1) is 3.57 Å². The first-order chi connectivity index (χ1) is 6.59. The van der Waals surface area contributed by atoms with Crippen LogP contribution in [-0.2, 0) is 4.79 Å². The van der Waals surface area contributed by atoms with E-state index in [1.54, 1.807) is 6.20 Å². The Hall–Kier alpha value is -0.920. The van der Waals surface area contributed by atoms with Crippen molar-refractivity contribution in [3.8, 4) is 0 Å². The van der Waals surface area contributed by atoms with Crippen molar-refractivity contribution < 1.29 is 4.79 Å². The van der Waals surface area contributed by atoms with E-state index in [4.69, 9.17) is 5.73 Å². The van der Waals surface area contributed by atoms with Crippen LogP contribution in [0.4, 0.5) is 5.82 Å². The number of amides is 1. The molecule has 14 heavy (non-hydrogen) atoms. The quantitative estimate of drug-likeness (QED) is 0.805. The van der Waals surface area contributed by atoms with Crippen LogP contribution in [0.5, 0.6) is 0 Å². The van der Waals surface area contributed by atoms with Gasteiger partial charge < -0.3 is 11.1 Å². The standard InChI is InChI=1S/C8H11IN4O/c1-5(2-7(10)14)13-8-6(9)3-11-4-12-8/h3-5H,2H2,1H3,(H2,10,14)(H,11,12,13). The molecule has 0 aliphatic rings. The SMILES string of the molecule is CC(CC(N)=O)Nc1ncncc1I. The number of aromatic nitrogens is 2. The maximum Gasteiger partial charge on any atom is 0.219 e. The van der Waals surface area contributed by atoms with Crippen LogP contribution in [-0.4, -0.2) is 21.9 Å².